The molecule has 228 valence electrons. The maximum absolute atomic E-state index is 6.04. The Hall–Kier alpha value is -2.82. The van der Waals surface area contributed by atoms with Gasteiger partial charge in [-0.05, 0) is 86.3 Å². The largest absolute Gasteiger partial charge is 0.494 e. The molecule has 0 N–H and O–H groups in total. The molecule has 42 heavy (non-hydrogen) atoms. The molecule has 3 aromatic carbocycles. The van der Waals surface area contributed by atoms with Crippen LogP contribution in [0, 0.1) is 0 Å². The van der Waals surface area contributed by atoms with Gasteiger partial charge in [0, 0.05) is 19.1 Å². The molecule has 0 atom stereocenters. The van der Waals surface area contributed by atoms with Gasteiger partial charge in [-0.2, -0.15) is 0 Å². The summed E-state index contributed by atoms with van der Waals surface area (Å²) in [5.74, 6) is 1.94. The van der Waals surface area contributed by atoms with Crippen molar-refractivity contribution in [1.29, 1.82) is 0 Å². The zero-order valence-electron chi connectivity index (χ0n) is 26.3. The van der Waals surface area contributed by atoms with Crippen LogP contribution in [0.5, 0.6) is 11.5 Å². The number of unbranched alkanes of at least 4 members (excludes halogenated alkanes) is 6. The molecule has 1 heterocycles. The molecule has 0 radical (unpaired) electrons. The molecule has 4 rings (SSSR count). The van der Waals surface area contributed by atoms with Crippen molar-refractivity contribution < 1.29 is 9.47 Å². The van der Waals surface area contributed by atoms with Crippen LogP contribution in [0.1, 0.15) is 94.7 Å². The first-order chi connectivity index (χ1) is 20.7. The SMILES string of the molecule is CCCCCCCCN(Cc1ccc(OCc2ccccc2)cc1)C1CCN(Cc2ccc(OCCCC)cc2)CC1. The van der Waals surface area contributed by atoms with E-state index in [0.29, 0.717) is 12.6 Å². The van der Waals surface area contributed by atoms with Crippen LogP contribution in [-0.4, -0.2) is 42.1 Å². The Balaban J connectivity index is 1.27. The first-order valence-corrected chi connectivity index (χ1v) is 16.7. The summed E-state index contributed by atoms with van der Waals surface area (Å²) in [6.07, 6.45) is 12.8. The van der Waals surface area contributed by atoms with E-state index >= 15 is 0 Å². The van der Waals surface area contributed by atoms with E-state index in [9.17, 15) is 0 Å². The third-order valence-electron chi connectivity index (χ3n) is 8.53. The lowest BCUT2D eigenvalue weighted by atomic mass is 10.0. The zero-order chi connectivity index (χ0) is 29.2. The highest BCUT2D eigenvalue weighted by Gasteiger charge is 2.24. The monoisotopic (exact) mass is 570 g/mol. The van der Waals surface area contributed by atoms with Crippen LogP contribution in [0.4, 0.5) is 0 Å². The van der Waals surface area contributed by atoms with Gasteiger partial charge < -0.3 is 9.47 Å². The molecular formula is C38H54N2O2. The highest BCUT2D eigenvalue weighted by Crippen LogP contribution is 2.24. The average molecular weight is 571 g/mol. The standard InChI is InChI=1S/C38H54N2O2/c1-3-5-7-8-9-13-26-40(31-34-18-22-38(23-19-34)42-32-35-14-11-10-12-15-35)36-24-27-39(28-25-36)30-33-16-20-37(21-17-33)41-29-6-4-2/h10-12,14-23,36H,3-9,13,24-32H2,1-2H3. The van der Waals surface area contributed by atoms with Crippen LogP contribution in [-0.2, 0) is 19.7 Å². The second-order valence-corrected chi connectivity index (χ2v) is 12.0. The second kappa shape index (κ2) is 18.7. The molecule has 1 fully saturated rings. The molecule has 1 aliphatic rings. The summed E-state index contributed by atoms with van der Waals surface area (Å²) < 4.78 is 11.9. The molecule has 0 aliphatic carbocycles. The summed E-state index contributed by atoms with van der Waals surface area (Å²) in [5, 5.41) is 0. The van der Waals surface area contributed by atoms with Gasteiger partial charge in [0.15, 0.2) is 0 Å². The lowest BCUT2D eigenvalue weighted by Gasteiger charge is -2.39. The van der Waals surface area contributed by atoms with Crippen molar-refractivity contribution in [1.82, 2.24) is 9.80 Å². The van der Waals surface area contributed by atoms with Gasteiger partial charge in [0.2, 0.25) is 0 Å². The van der Waals surface area contributed by atoms with Crippen molar-refractivity contribution in [3.63, 3.8) is 0 Å². The Labute approximate surface area is 256 Å². The topological polar surface area (TPSA) is 24.9 Å². The number of hydrogen-bond acceptors (Lipinski definition) is 4. The van der Waals surface area contributed by atoms with E-state index in [1.165, 1.54) is 94.1 Å². The minimum atomic E-state index is 0.611. The minimum Gasteiger partial charge on any atom is -0.494 e. The predicted molar refractivity (Wildman–Crippen MR) is 176 cm³/mol. The van der Waals surface area contributed by atoms with Crippen LogP contribution in [0.15, 0.2) is 78.9 Å². The summed E-state index contributed by atoms with van der Waals surface area (Å²) in [5.41, 5.74) is 3.97. The van der Waals surface area contributed by atoms with Crippen molar-refractivity contribution in [3.05, 3.63) is 95.6 Å². The van der Waals surface area contributed by atoms with E-state index in [1.54, 1.807) is 0 Å². The zero-order valence-corrected chi connectivity index (χ0v) is 26.3. The van der Waals surface area contributed by atoms with Gasteiger partial charge in [-0.3, -0.25) is 9.80 Å². The van der Waals surface area contributed by atoms with Crippen molar-refractivity contribution in [2.24, 2.45) is 0 Å². The molecule has 0 spiro atoms. The fraction of sp³-hybridized carbons (Fsp3) is 0.526. The number of rotatable bonds is 19. The first-order valence-electron chi connectivity index (χ1n) is 16.7. The van der Waals surface area contributed by atoms with E-state index in [-0.39, 0.29) is 0 Å². The van der Waals surface area contributed by atoms with Gasteiger partial charge in [0.25, 0.3) is 0 Å². The van der Waals surface area contributed by atoms with Gasteiger partial charge in [-0.1, -0.05) is 107 Å². The van der Waals surface area contributed by atoms with Crippen LogP contribution in [0.25, 0.3) is 0 Å². The lowest BCUT2D eigenvalue weighted by Crippen LogP contribution is -2.44. The van der Waals surface area contributed by atoms with Crippen molar-refractivity contribution in [2.75, 3.05) is 26.2 Å². The highest BCUT2D eigenvalue weighted by atomic mass is 16.5. The molecule has 1 saturated heterocycles. The highest BCUT2D eigenvalue weighted by molar-refractivity contribution is 5.28. The molecule has 0 bridgehead atoms. The van der Waals surface area contributed by atoms with E-state index in [4.69, 9.17) is 9.47 Å². The molecule has 4 nitrogen and oxygen atoms in total. The van der Waals surface area contributed by atoms with Gasteiger partial charge >= 0.3 is 0 Å². The van der Waals surface area contributed by atoms with Crippen molar-refractivity contribution in [3.8, 4) is 11.5 Å². The number of ether oxygens (including phenoxy) is 2. The molecule has 0 saturated carbocycles. The predicted octanol–water partition coefficient (Wildman–Crippen LogP) is 9.27. The number of piperidine rings is 1. The Morgan fingerprint density at radius 1 is 0.643 bits per heavy atom. The molecule has 0 aromatic heterocycles. The number of nitrogens with zero attached hydrogens (tertiary/aromatic N) is 2. The summed E-state index contributed by atoms with van der Waals surface area (Å²) in [6, 6.07) is 28.6. The van der Waals surface area contributed by atoms with Crippen molar-refractivity contribution >= 4 is 0 Å². The molecule has 0 unspecified atom stereocenters. The summed E-state index contributed by atoms with van der Waals surface area (Å²) in [6.45, 7) is 11.5. The van der Waals surface area contributed by atoms with E-state index in [0.717, 1.165) is 37.6 Å². The van der Waals surface area contributed by atoms with Crippen molar-refractivity contribution in [2.45, 2.75) is 104 Å². The number of likely N-dealkylation sites (tertiary alicyclic amines) is 1. The van der Waals surface area contributed by atoms with Gasteiger partial charge in [0.05, 0.1) is 6.61 Å². The van der Waals surface area contributed by atoms with Gasteiger partial charge in [-0.15, -0.1) is 0 Å². The number of benzene rings is 3. The maximum atomic E-state index is 6.04. The average Bonchev–Trinajstić information content (AvgIpc) is 3.03. The minimum absolute atomic E-state index is 0.611. The maximum Gasteiger partial charge on any atom is 0.119 e. The van der Waals surface area contributed by atoms with Crippen LogP contribution in [0.3, 0.4) is 0 Å². The van der Waals surface area contributed by atoms with E-state index in [2.05, 4.69) is 96.4 Å². The van der Waals surface area contributed by atoms with E-state index < -0.39 is 0 Å². The Morgan fingerprint density at radius 2 is 1.26 bits per heavy atom. The fourth-order valence-corrected chi connectivity index (χ4v) is 5.88. The Morgan fingerprint density at radius 3 is 1.95 bits per heavy atom. The molecule has 4 heteroatoms. The molecule has 1 aliphatic heterocycles. The quantitative estimate of drug-likeness (QED) is 0.134. The lowest BCUT2D eigenvalue weighted by molar-refractivity contribution is 0.0972. The fourth-order valence-electron chi connectivity index (χ4n) is 5.88. The summed E-state index contributed by atoms with van der Waals surface area (Å²) in [4.78, 5) is 5.41. The van der Waals surface area contributed by atoms with Gasteiger partial charge in [0.1, 0.15) is 18.1 Å². The third kappa shape index (κ3) is 11.5. The molecular weight excluding hydrogens is 516 g/mol. The number of hydrogen-bond donors (Lipinski definition) is 0. The normalized spacial score (nSPS) is 14.4. The second-order valence-electron chi connectivity index (χ2n) is 12.0. The summed E-state index contributed by atoms with van der Waals surface area (Å²) in [7, 11) is 0. The summed E-state index contributed by atoms with van der Waals surface area (Å²) >= 11 is 0. The van der Waals surface area contributed by atoms with Gasteiger partial charge in [-0.25, -0.2) is 0 Å². The van der Waals surface area contributed by atoms with Crippen LogP contribution >= 0.6 is 0 Å². The third-order valence-corrected chi connectivity index (χ3v) is 8.53. The first kappa shape index (κ1) is 32.1. The Kier molecular flexibility index (Phi) is 14.3. The smallest absolute Gasteiger partial charge is 0.119 e. The van der Waals surface area contributed by atoms with E-state index in [1.807, 2.05) is 6.07 Å². The Bertz CT molecular complexity index is 1090. The van der Waals surface area contributed by atoms with Crippen LogP contribution in [0.2, 0.25) is 0 Å². The van der Waals surface area contributed by atoms with Crippen LogP contribution < -0.4 is 9.47 Å². The molecule has 3 aromatic rings. The molecule has 0 amide bonds.